The maximum Gasteiger partial charge on any atom is 0.275 e. The van der Waals surface area contributed by atoms with Crippen molar-refractivity contribution in [3.8, 4) is 0 Å². The van der Waals surface area contributed by atoms with Crippen molar-refractivity contribution < 1.29 is 9.32 Å². The summed E-state index contributed by atoms with van der Waals surface area (Å²) < 4.78 is 5.34. The Labute approximate surface area is 143 Å². The van der Waals surface area contributed by atoms with Crippen molar-refractivity contribution in [2.24, 2.45) is 0 Å². The number of hydrogen-bond donors (Lipinski definition) is 0. The summed E-state index contributed by atoms with van der Waals surface area (Å²) in [4.78, 5) is 15.1. The van der Waals surface area contributed by atoms with Crippen LogP contribution in [0, 0.1) is 20.8 Å². The second kappa shape index (κ2) is 6.18. The van der Waals surface area contributed by atoms with Crippen LogP contribution in [0.1, 0.15) is 26.5 Å². The summed E-state index contributed by atoms with van der Waals surface area (Å²) in [6.07, 6.45) is 0. The Morgan fingerprint density at radius 1 is 1.22 bits per heavy atom. The summed E-state index contributed by atoms with van der Waals surface area (Å²) in [5, 5.41) is 6.08. The molecular weight excluding hydrogens is 332 g/mol. The van der Waals surface area contributed by atoms with Gasteiger partial charge in [-0.1, -0.05) is 28.9 Å². The molecule has 2 heterocycles. The van der Waals surface area contributed by atoms with Crippen LogP contribution in [-0.4, -0.2) is 11.1 Å². The molecule has 0 aliphatic carbocycles. The molecule has 0 aliphatic rings. The van der Waals surface area contributed by atoms with Crippen molar-refractivity contribution >= 4 is 40.4 Å². The summed E-state index contributed by atoms with van der Waals surface area (Å²) in [7, 11) is 0. The van der Waals surface area contributed by atoms with Crippen LogP contribution in [0.4, 0.5) is 11.6 Å². The fraction of sp³-hybridized carbons (Fsp3) is 0.176. The van der Waals surface area contributed by atoms with E-state index in [0.717, 1.165) is 11.1 Å². The van der Waals surface area contributed by atoms with Crippen molar-refractivity contribution in [1.29, 1.82) is 0 Å². The number of benzene rings is 1. The molecule has 0 aliphatic heterocycles. The number of halogens is 1. The number of aromatic nitrogens is 1. The zero-order chi connectivity index (χ0) is 16.6. The molecule has 3 rings (SSSR count). The van der Waals surface area contributed by atoms with Crippen LogP contribution < -0.4 is 4.90 Å². The molecule has 0 atom stereocenters. The molecule has 1 aromatic carbocycles. The van der Waals surface area contributed by atoms with Crippen molar-refractivity contribution in [3.05, 3.63) is 62.4 Å². The van der Waals surface area contributed by atoms with E-state index < -0.39 is 0 Å². The lowest BCUT2D eigenvalue weighted by Gasteiger charge is -2.20. The zero-order valence-corrected chi connectivity index (χ0v) is 14.5. The van der Waals surface area contributed by atoms with Gasteiger partial charge >= 0.3 is 0 Å². The average molecular weight is 347 g/mol. The SMILES string of the molecule is Cc1cc(C)cc(N(C(=O)c2cccs2)c2onc(C)c2Cl)c1. The molecule has 0 bridgehead atoms. The van der Waals surface area contributed by atoms with Crippen molar-refractivity contribution in [2.75, 3.05) is 4.90 Å². The molecule has 23 heavy (non-hydrogen) atoms. The topological polar surface area (TPSA) is 46.3 Å². The number of aryl methyl sites for hydroxylation is 3. The minimum absolute atomic E-state index is 0.192. The third-order valence-electron chi connectivity index (χ3n) is 3.38. The van der Waals surface area contributed by atoms with Crippen LogP contribution in [0.5, 0.6) is 0 Å². The van der Waals surface area contributed by atoms with Crippen LogP contribution in [0.3, 0.4) is 0 Å². The van der Waals surface area contributed by atoms with Gasteiger partial charge in [-0.2, -0.15) is 0 Å². The number of carbonyl (C=O) groups excluding carboxylic acids is 1. The predicted octanol–water partition coefficient (Wildman–Crippen LogP) is 5.29. The minimum Gasteiger partial charge on any atom is -0.336 e. The third-order valence-corrected chi connectivity index (χ3v) is 4.67. The van der Waals surface area contributed by atoms with E-state index in [1.807, 2.05) is 43.5 Å². The third kappa shape index (κ3) is 3.02. The summed E-state index contributed by atoms with van der Waals surface area (Å²) in [6, 6.07) is 9.51. The first kappa shape index (κ1) is 15.8. The zero-order valence-electron chi connectivity index (χ0n) is 13.0. The molecule has 2 aromatic heterocycles. The predicted molar refractivity (Wildman–Crippen MR) is 93.0 cm³/mol. The van der Waals surface area contributed by atoms with Gasteiger partial charge in [0.05, 0.1) is 10.6 Å². The molecule has 0 spiro atoms. The van der Waals surface area contributed by atoms with Gasteiger partial charge in [-0.25, -0.2) is 4.90 Å². The molecule has 118 valence electrons. The molecule has 0 N–H and O–H groups in total. The van der Waals surface area contributed by atoms with E-state index in [4.69, 9.17) is 16.1 Å². The quantitative estimate of drug-likeness (QED) is 0.647. The largest absolute Gasteiger partial charge is 0.336 e. The van der Waals surface area contributed by atoms with Crippen LogP contribution in [0.25, 0.3) is 0 Å². The van der Waals surface area contributed by atoms with Gasteiger partial charge in [-0.3, -0.25) is 4.79 Å². The number of rotatable bonds is 3. The van der Waals surface area contributed by atoms with E-state index in [-0.39, 0.29) is 11.8 Å². The minimum atomic E-state index is -0.192. The number of nitrogens with zero attached hydrogens (tertiary/aromatic N) is 2. The summed E-state index contributed by atoms with van der Waals surface area (Å²) in [6.45, 7) is 5.71. The van der Waals surface area contributed by atoms with Gasteiger partial charge in [-0.15, -0.1) is 11.3 Å². The van der Waals surface area contributed by atoms with Crippen LogP contribution in [0.15, 0.2) is 40.2 Å². The Hall–Kier alpha value is -2.11. The standard InChI is InChI=1S/C17H15ClN2O2S/c1-10-7-11(2)9-13(8-10)20(16(21)14-5-4-6-23-14)17-15(18)12(3)19-22-17/h4-9H,1-3H3. The van der Waals surface area contributed by atoms with Crippen LogP contribution >= 0.6 is 22.9 Å². The molecular formula is C17H15ClN2O2S. The number of anilines is 2. The lowest BCUT2D eigenvalue weighted by atomic mass is 10.1. The highest BCUT2D eigenvalue weighted by Crippen LogP contribution is 2.36. The van der Waals surface area contributed by atoms with Gasteiger partial charge in [0.15, 0.2) is 0 Å². The highest BCUT2D eigenvalue weighted by Gasteiger charge is 2.27. The van der Waals surface area contributed by atoms with E-state index in [1.54, 1.807) is 13.0 Å². The molecule has 0 saturated heterocycles. The number of carbonyl (C=O) groups is 1. The molecule has 0 fully saturated rings. The Morgan fingerprint density at radius 3 is 2.43 bits per heavy atom. The van der Waals surface area contributed by atoms with Gasteiger partial charge in [-0.05, 0) is 55.5 Å². The van der Waals surface area contributed by atoms with Gasteiger partial charge in [0, 0.05) is 0 Å². The van der Waals surface area contributed by atoms with E-state index >= 15 is 0 Å². The van der Waals surface area contributed by atoms with Gasteiger partial charge in [0.1, 0.15) is 10.7 Å². The Morgan fingerprint density at radius 2 is 1.91 bits per heavy atom. The highest BCUT2D eigenvalue weighted by molar-refractivity contribution is 7.12. The maximum atomic E-state index is 13.0. The van der Waals surface area contributed by atoms with Crippen LogP contribution in [-0.2, 0) is 0 Å². The van der Waals surface area contributed by atoms with Crippen molar-refractivity contribution in [2.45, 2.75) is 20.8 Å². The number of thiophene rings is 1. The smallest absolute Gasteiger partial charge is 0.275 e. The molecule has 0 saturated carbocycles. The van der Waals surface area contributed by atoms with E-state index in [2.05, 4.69) is 5.16 Å². The summed E-state index contributed by atoms with van der Waals surface area (Å²) in [5.74, 6) is 0.0515. The van der Waals surface area contributed by atoms with Crippen molar-refractivity contribution in [1.82, 2.24) is 5.16 Å². The van der Waals surface area contributed by atoms with E-state index in [1.165, 1.54) is 16.2 Å². The molecule has 1 amide bonds. The fourth-order valence-corrected chi connectivity index (χ4v) is 3.21. The normalized spacial score (nSPS) is 10.8. The fourth-order valence-electron chi connectivity index (χ4n) is 2.40. The molecule has 4 nitrogen and oxygen atoms in total. The number of amides is 1. The summed E-state index contributed by atoms with van der Waals surface area (Å²) >= 11 is 7.67. The molecule has 3 aromatic rings. The van der Waals surface area contributed by atoms with Crippen molar-refractivity contribution in [3.63, 3.8) is 0 Å². The van der Waals surface area contributed by atoms with Crippen LogP contribution in [0.2, 0.25) is 5.02 Å². The first-order chi connectivity index (χ1) is 11.0. The van der Waals surface area contributed by atoms with Gasteiger partial charge in [0.25, 0.3) is 11.8 Å². The Balaban J connectivity index is 2.17. The second-order valence-corrected chi connectivity index (χ2v) is 6.68. The second-order valence-electron chi connectivity index (χ2n) is 5.35. The molecule has 0 radical (unpaired) electrons. The van der Waals surface area contributed by atoms with E-state index in [9.17, 15) is 4.79 Å². The first-order valence-electron chi connectivity index (χ1n) is 7.05. The highest BCUT2D eigenvalue weighted by atomic mass is 35.5. The summed E-state index contributed by atoms with van der Waals surface area (Å²) in [5.41, 5.74) is 3.36. The Bertz CT molecular complexity index is 835. The van der Waals surface area contributed by atoms with Gasteiger partial charge in [0.2, 0.25) is 0 Å². The average Bonchev–Trinajstić information content (AvgIpc) is 3.12. The maximum absolute atomic E-state index is 13.0. The number of hydrogen-bond acceptors (Lipinski definition) is 4. The molecule has 6 heteroatoms. The lowest BCUT2D eigenvalue weighted by Crippen LogP contribution is -2.25. The van der Waals surface area contributed by atoms with Gasteiger partial charge < -0.3 is 4.52 Å². The monoisotopic (exact) mass is 346 g/mol. The lowest BCUT2D eigenvalue weighted by molar-refractivity contribution is 0.0998. The molecule has 0 unspecified atom stereocenters. The van der Waals surface area contributed by atoms with E-state index in [0.29, 0.717) is 21.3 Å². The first-order valence-corrected chi connectivity index (χ1v) is 8.31. The Kier molecular flexibility index (Phi) is 4.24.